The van der Waals surface area contributed by atoms with Gasteiger partial charge in [-0.3, -0.25) is 0 Å². The first-order valence-electron chi connectivity index (χ1n) is 1.96. The van der Waals surface area contributed by atoms with Crippen molar-refractivity contribution >= 4 is 0 Å². The third-order valence-corrected chi connectivity index (χ3v) is 0.431. The summed E-state index contributed by atoms with van der Waals surface area (Å²) in [6, 6.07) is 0. The van der Waals surface area contributed by atoms with Gasteiger partial charge in [-0.15, -0.1) is 0 Å². The fourth-order valence-electron chi connectivity index (χ4n) is 0.185. The van der Waals surface area contributed by atoms with E-state index in [0.29, 0.717) is 6.33 Å². The van der Waals surface area contributed by atoms with Crippen LogP contribution in [0.2, 0.25) is 0 Å². The van der Waals surface area contributed by atoms with Gasteiger partial charge in [0.1, 0.15) is 0 Å². The summed E-state index contributed by atoms with van der Waals surface area (Å²) in [6.45, 7) is 3.39. The van der Waals surface area contributed by atoms with Crippen LogP contribution in [0.15, 0.2) is 37.2 Å². The van der Waals surface area contributed by atoms with Crippen molar-refractivity contribution in [1.29, 1.82) is 0 Å². The number of halogens is 1. The van der Waals surface area contributed by atoms with Crippen molar-refractivity contribution in [3.05, 3.63) is 37.2 Å². The molecule has 0 aliphatic rings. The van der Waals surface area contributed by atoms with Crippen LogP contribution in [0, 0.1) is 0 Å². The van der Waals surface area contributed by atoms with Crippen molar-refractivity contribution in [3.8, 4) is 0 Å². The Balaban J connectivity index is 3.27. The molecule has 38 valence electrons. The summed E-state index contributed by atoms with van der Waals surface area (Å²) in [5, 5.41) is 0. The fourth-order valence-corrected chi connectivity index (χ4v) is 0.185. The van der Waals surface area contributed by atoms with E-state index in [4.69, 9.17) is 0 Å². The molecule has 1 heteroatoms. The number of hydrogen-bond donors (Lipinski definition) is 0. The van der Waals surface area contributed by atoms with Crippen LogP contribution in [0.5, 0.6) is 0 Å². The molecule has 0 amide bonds. The van der Waals surface area contributed by atoms with Gasteiger partial charge in [0.2, 0.25) is 0 Å². The molecule has 0 aromatic rings. The molecule has 0 aliphatic carbocycles. The molecule has 0 nitrogen and oxygen atoms in total. The lowest BCUT2D eigenvalue weighted by Gasteiger charge is -1.63. The summed E-state index contributed by atoms with van der Waals surface area (Å²) in [5.41, 5.74) is 0. The van der Waals surface area contributed by atoms with Gasteiger partial charge in [0.15, 0.2) is 0 Å². The molecule has 0 unspecified atom stereocenters. The molecular formula is C6H7F. The first kappa shape index (κ1) is 6.15. The van der Waals surface area contributed by atoms with Crippen molar-refractivity contribution in [1.82, 2.24) is 0 Å². The normalized spacial score (nSPS) is 11.0. The quantitative estimate of drug-likeness (QED) is 0.464. The third-order valence-electron chi connectivity index (χ3n) is 0.431. The van der Waals surface area contributed by atoms with Gasteiger partial charge in [-0.05, 0) is 6.08 Å². The van der Waals surface area contributed by atoms with E-state index < -0.39 is 0 Å². The van der Waals surface area contributed by atoms with Crippen molar-refractivity contribution in [2.24, 2.45) is 0 Å². The van der Waals surface area contributed by atoms with Crippen molar-refractivity contribution in [3.63, 3.8) is 0 Å². The first-order valence-corrected chi connectivity index (χ1v) is 1.96. The van der Waals surface area contributed by atoms with E-state index in [1.807, 2.05) is 0 Å². The highest BCUT2D eigenvalue weighted by molar-refractivity contribution is 5.06. The third kappa shape index (κ3) is 5.15. The Bertz CT molecular complexity index is 90.4. The van der Waals surface area contributed by atoms with Crippen molar-refractivity contribution in [2.45, 2.75) is 0 Å². The maximum absolute atomic E-state index is 11.1. The van der Waals surface area contributed by atoms with E-state index in [0.717, 1.165) is 0 Å². The second kappa shape index (κ2) is 5.15. The molecular weight excluding hydrogens is 91.1 g/mol. The zero-order valence-electron chi connectivity index (χ0n) is 3.97. The standard InChI is InChI=1S/C6H7F/c1-2-3-4-5-6-7/h2-6H,1H2/b4-3-,6-5+. The van der Waals surface area contributed by atoms with E-state index in [-0.39, 0.29) is 0 Å². The van der Waals surface area contributed by atoms with Gasteiger partial charge >= 0.3 is 0 Å². The second-order valence-corrected chi connectivity index (χ2v) is 0.939. The summed E-state index contributed by atoms with van der Waals surface area (Å²) in [5.74, 6) is 0. The molecule has 0 fully saturated rings. The van der Waals surface area contributed by atoms with Crippen molar-refractivity contribution in [2.75, 3.05) is 0 Å². The highest BCUT2D eigenvalue weighted by Crippen LogP contribution is 1.76. The minimum atomic E-state index is 0.472. The maximum Gasteiger partial charge on any atom is 0.0866 e. The van der Waals surface area contributed by atoms with Crippen LogP contribution in [0.25, 0.3) is 0 Å². The summed E-state index contributed by atoms with van der Waals surface area (Å²) < 4.78 is 11.1. The number of allylic oxidation sites excluding steroid dienone is 4. The highest BCUT2D eigenvalue weighted by Gasteiger charge is 1.54. The van der Waals surface area contributed by atoms with Crippen LogP contribution in [0.3, 0.4) is 0 Å². The summed E-state index contributed by atoms with van der Waals surface area (Å²) in [6.07, 6.45) is 6.56. The topological polar surface area (TPSA) is 0 Å². The van der Waals surface area contributed by atoms with E-state index in [9.17, 15) is 4.39 Å². The highest BCUT2D eigenvalue weighted by atomic mass is 19.1. The Labute approximate surface area is 42.7 Å². The van der Waals surface area contributed by atoms with E-state index in [2.05, 4.69) is 6.58 Å². The molecule has 0 saturated carbocycles. The lowest BCUT2D eigenvalue weighted by molar-refractivity contribution is 0.721. The minimum Gasteiger partial charge on any atom is -0.216 e. The van der Waals surface area contributed by atoms with E-state index in [1.54, 1.807) is 18.2 Å². The van der Waals surface area contributed by atoms with Crippen LogP contribution in [0.1, 0.15) is 0 Å². The van der Waals surface area contributed by atoms with Gasteiger partial charge in [0.25, 0.3) is 0 Å². The average Bonchev–Trinajstić information content (AvgIpc) is 1.69. The molecule has 7 heavy (non-hydrogen) atoms. The molecule has 0 aliphatic heterocycles. The molecule has 0 radical (unpaired) electrons. The van der Waals surface area contributed by atoms with E-state index in [1.165, 1.54) is 6.08 Å². The average molecular weight is 98.1 g/mol. The van der Waals surface area contributed by atoms with Crippen LogP contribution in [0.4, 0.5) is 4.39 Å². The molecule has 0 aromatic carbocycles. The fraction of sp³-hybridized carbons (Fsp3) is 0. The molecule has 0 heterocycles. The van der Waals surface area contributed by atoms with Crippen LogP contribution in [-0.2, 0) is 0 Å². The molecule has 0 rings (SSSR count). The summed E-state index contributed by atoms with van der Waals surface area (Å²) in [4.78, 5) is 0. The Kier molecular flexibility index (Phi) is 4.52. The largest absolute Gasteiger partial charge is 0.216 e. The predicted octanol–water partition coefficient (Wildman–Crippen LogP) is 2.21. The van der Waals surface area contributed by atoms with Gasteiger partial charge in [-0.2, -0.15) is 0 Å². The van der Waals surface area contributed by atoms with Gasteiger partial charge in [0, 0.05) is 0 Å². The Hall–Kier alpha value is -0.850. The summed E-state index contributed by atoms with van der Waals surface area (Å²) in [7, 11) is 0. The van der Waals surface area contributed by atoms with E-state index >= 15 is 0 Å². The first-order chi connectivity index (χ1) is 3.41. The molecule has 0 atom stereocenters. The Morgan fingerprint density at radius 1 is 1.14 bits per heavy atom. The SMILES string of the molecule is C=C/C=C\C=C\F. The van der Waals surface area contributed by atoms with Gasteiger partial charge < -0.3 is 0 Å². The lowest BCUT2D eigenvalue weighted by Crippen LogP contribution is -1.41. The Morgan fingerprint density at radius 3 is 2.29 bits per heavy atom. The predicted molar refractivity (Wildman–Crippen MR) is 29.6 cm³/mol. The second-order valence-electron chi connectivity index (χ2n) is 0.939. The molecule has 0 saturated heterocycles. The zero-order valence-corrected chi connectivity index (χ0v) is 3.97. The molecule has 0 aromatic heterocycles. The minimum absolute atomic E-state index is 0.472. The van der Waals surface area contributed by atoms with Crippen LogP contribution >= 0.6 is 0 Å². The maximum atomic E-state index is 11.1. The molecule has 0 N–H and O–H groups in total. The van der Waals surface area contributed by atoms with Gasteiger partial charge in [0.05, 0.1) is 6.33 Å². The number of hydrogen-bond acceptors (Lipinski definition) is 0. The Morgan fingerprint density at radius 2 is 1.86 bits per heavy atom. The smallest absolute Gasteiger partial charge is 0.0866 e. The monoisotopic (exact) mass is 98.1 g/mol. The summed E-state index contributed by atoms with van der Waals surface area (Å²) >= 11 is 0. The van der Waals surface area contributed by atoms with Gasteiger partial charge in [-0.1, -0.05) is 24.8 Å². The van der Waals surface area contributed by atoms with Crippen molar-refractivity contribution < 1.29 is 4.39 Å². The molecule has 0 bridgehead atoms. The molecule has 0 spiro atoms. The van der Waals surface area contributed by atoms with Gasteiger partial charge in [-0.25, -0.2) is 4.39 Å². The number of rotatable bonds is 2. The van der Waals surface area contributed by atoms with Crippen LogP contribution in [-0.4, -0.2) is 0 Å². The van der Waals surface area contributed by atoms with Crippen LogP contribution < -0.4 is 0 Å². The lowest BCUT2D eigenvalue weighted by atomic mass is 10.5. The zero-order chi connectivity index (χ0) is 5.54.